The lowest BCUT2D eigenvalue weighted by atomic mass is 10.3. The van der Waals surface area contributed by atoms with E-state index in [2.05, 4.69) is 38.2 Å². The highest BCUT2D eigenvalue weighted by Gasteiger charge is 2.13. The van der Waals surface area contributed by atoms with Gasteiger partial charge in [0.1, 0.15) is 4.60 Å². The Bertz CT molecular complexity index is 317. The van der Waals surface area contributed by atoms with E-state index in [0.29, 0.717) is 0 Å². The Hall–Kier alpha value is -0.390. The number of nitrogens with zero attached hydrogens (tertiary/aromatic N) is 3. The fraction of sp³-hybridized carbons (Fsp3) is 0.700. The Balaban J connectivity index is 2.00. The highest BCUT2D eigenvalue weighted by atomic mass is 79.9. The van der Waals surface area contributed by atoms with Crippen molar-refractivity contribution >= 4 is 15.9 Å². The molecule has 0 aromatic carbocycles. The monoisotopic (exact) mass is 272 g/mol. The maximum absolute atomic E-state index is 4.33. The molecule has 2 heterocycles. The maximum Gasteiger partial charge on any atom is 0.108 e. The summed E-state index contributed by atoms with van der Waals surface area (Å²) < 4.78 is 3.11. The van der Waals surface area contributed by atoms with Crippen molar-refractivity contribution in [1.29, 1.82) is 0 Å². The predicted octanol–water partition coefficient (Wildman–Crippen LogP) is 1.07. The smallest absolute Gasteiger partial charge is 0.108 e. The van der Waals surface area contributed by atoms with Crippen LogP contribution in [0.4, 0.5) is 0 Å². The molecule has 1 aromatic heterocycles. The predicted molar refractivity (Wildman–Crippen MR) is 63.7 cm³/mol. The summed E-state index contributed by atoms with van der Waals surface area (Å²) in [6, 6.07) is 0. The Morgan fingerprint density at radius 3 is 2.80 bits per heavy atom. The molecular formula is C10H17BrN4. The third-order valence-corrected chi connectivity index (χ3v) is 3.67. The van der Waals surface area contributed by atoms with Crippen molar-refractivity contribution in [2.75, 3.05) is 26.2 Å². The molecule has 84 valence electrons. The van der Waals surface area contributed by atoms with Crippen molar-refractivity contribution in [3.05, 3.63) is 16.4 Å². The molecule has 1 N–H and O–H groups in total. The summed E-state index contributed by atoms with van der Waals surface area (Å²) in [6.07, 6.45) is 1.97. The van der Waals surface area contributed by atoms with Gasteiger partial charge in [0.15, 0.2) is 0 Å². The van der Waals surface area contributed by atoms with Gasteiger partial charge in [0.05, 0.1) is 6.20 Å². The lowest BCUT2D eigenvalue weighted by Crippen LogP contribution is -2.42. The van der Waals surface area contributed by atoms with Crippen LogP contribution in [0.2, 0.25) is 0 Å². The summed E-state index contributed by atoms with van der Waals surface area (Å²) in [5.41, 5.74) is 1.29. The van der Waals surface area contributed by atoms with Crippen LogP contribution in [0.25, 0.3) is 0 Å². The van der Waals surface area contributed by atoms with Crippen LogP contribution < -0.4 is 5.32 Å². The summed E-state index contributed by atoms with van der Waals surface area (Å²) >= 11 is 3.60. The van der Waals surface area contributed by atoms with Crippen LogP contribution in [0.1, 0.15) is 12.5 Å². The quantitative estimate of drug-likeness (QED) is 0.894. The van der Waals surface area contributed by atoms with Crippen LogP contribution in [-0.2, 0) is 13.1 Å². The maximum atomic E-state index is 4.33. The normalized spacial score (nSPS) is 18.3. The molecule has 1 aliphatic rings. The van der Waals surface area contributed by atoms with Gasteiger partial charge in [-0.25, -0.2) is 0 Å². The van der Waals surface area contributed by atoms with Crippen molar-refractivity contribution in [3.63, 3.8) is 0 Å². The standard InChI is InChI=1S/C10H17BrN4/c1-2-15-10(11)9(7-13-15)8-14-5-3-12-4-6-14/h7,12H,2-6,8H2,1H3. The highest BCUT2D eigenvalue weighted by molar-refractivity contribution is 9.10. The van der Waals surface area contributed by atoms with Gasteiger partial charge < -0.3 is 5.32 Å². The topological polar surface area (TPSA) is 33.1 Å². The van der Waals surface area contributed by atoms with Crippen molar-refractivity contribution in [2.24, 2.45) is 0 Å². The number of nitrogens with one attached hydrogen (secondary N) is 1. The van der Waals surface area contributed by atoms with E-state index in [-0.39, 0.29) is 0 Å². The summed E-state index contributed by atoms with van der Waals surface area (Å²) in [7, 11) is 0. The van der Waals surface area contributed by atoms with Crippen molar-refractivity contribution in [2.45, 2.75) is 20.0 Å². The molecule has 2 rings (SSSR count). The van der Waals surface area contributed by atoms with Crippen molar-refractivity contribution in [3.8, 4) is 0 Å². The van der Waals surface area contributed by atoms with Gasteiger partial charge in [-0.3, -0.25) is 9.58 Å². The second-order valence-electron chi connectivity index (χ2n) is 3.80. The van der Waals surface area contributed by atoms with Crippen LogP contribution in [0.3, 0.4) is 0 Å². The Kier molecular flexibility index (Phi) is 3.77. The molecule has 0 amide bonds. The third-order valence-electron chi connectivity index (χ3n) is 2.75. The number of aryl methyl sites for hydroxylation is 1. The first-order valence-corrected chi connectivity index (χ1v) is 6.24. The van der Waals surface area contributed by atoms with E-state index >= 15 is 0 Å². The Morgan fingerprint density at radius 2 is 2.20 bits per heavy atom. The lowest BCUT2D eigenvalue weighted by molar-refractivity contribution is 0.232. The van der Waals surface area contributed by atoms with E-state index in [1.54, 1.807) is 0 Å². The molecule has 0 atom stereocenters. The van der Waals surface area contributed by atoms with E-state index in [0.717, 1.165) is 43.9 Å². The Morgan fingerprint density at radius 1 is 1.47 bits per heavy atom. The van der Waals surface area contributed by atoms with E-state index < -0.39 is 0 Å². The fourth-order valence-electron chi connectivity index (χ4n) is 1.85. The first-order chi connectivity index (χ1) is 7.31. The minimum absolute atomic E-state index is 0.919. The number of rotatable bonds is 3. The minimum Gasteiger partial charge on any atom is -0.314 e. The first-order valence-electron chi connectivity index (χ1n) is 5.44. The average molecular weight is 273 g/mol. The molecule has 5 heteroatoms. The number of hydrogen-bond donors (Lipinski definition) is 1. The highest BCUT2D eigenvalue weighted by Crippen LogP contribution is 2.18. The van der Waals surface area contributed by atoms with E-state index in [1.807, 2.05) is 10.9 Å². The molecule has 1 aliphatic heterocycles. The van der Waals surface area contributed by atoms with Gasteiger partial charge in [0, 0.05) is 44.8 Å². The van der Waals surface area contributed by atoms with E-state index in [9.17, 15) is 0 Å². The second-order valence-corrected chi connectivity index (χ2v) is 4.55. The number of hydrogen-bond acceptors (Lipinski definition) is 3. The molecule has 1 aromatic rings. The van der Waals surface area contributed by atoms with Gasteiger partial charge >= 0.3 is 0 Å². The molecule has 1 fully saturated rings. The fourth-order valence-corrected chi connectivity index (χ4v) is 2.42. The zero-order chi connectivity index (χ0) is 10.7. The molecule has 1 saturated heterocycles. The summed E-state index contributed by atoms with van der Waals surface area (Å²) in [5, 5.41) is 7.68. The van der Waals surface area contributed by atoms with Crippen molar-refractivity contribution in [1.82, 2.24) is 20.0 Å². The summed E-state index contributed by atoms with van der Waals surface area (Å²) in [6.45, 7) is 8.48. The molecule has 0 unspecified atom stereocenters. The molecular weight excluding hydrogens is 256 g/mol. The largest absolute Gasteiger partial charge is 0.314 e. The van der Waals surface area contributed by atoms with Crippen LogP contribution in [0.5, 0.6) is 0 Å². The second kappa shape index (κ2) is 5.09. The molecule has 4 nitrogen and oxygen atoms in total. The number of aromatic nitrogens is 2. The third kappa shape index (κ3) is 2.59. The van der Waals surface area contributed by atoms with Gasteiger partial charge in [0.2, 0.25) is 0 Å². The van der Waals surface area contributed by atoms with Crippen LogP contribution in [-0.4, -0.2) is 40.9 Å². The first kappa shape index (κ1) is 11.1. The number of halogens is 1. The van der Waals surface area contributed by atoms with Crippen LogP contribution in [0, 0.1) is 0 Å². The molecule has 0 saturated carbocycles. The van der Waals surface area contributed by atoms with Gasteiger partial charge in [-0.15, -0.1) is 0 Å². The molecule has 0 bridgehead atoms. The molecule has 0 spiro atoms. The molecule has 15 heavy (non-hydrogen) atoms. The molecule has 0 aliphatic carbocycles. The van der Waals surface area contributed by atoms with Gasteiger partial charge in [-0.1, -0.05) is 0 Å². The van der Waals surface area contributed by atoms with Gasteiger partial charge in [0.25, 0.3) is 0 Å². The molecule has 0 radical (unpaired) electrons. The minimum atomic E-state index is 0.919. The van der Waals surface area contributed by atoms with E-state index in [1.165, 1.54) is 5.56 Å². The van der Waals surface area contributed by atoms with Gasteiger partial charge in [-0.05, 0) is 22.9 Å². The Labute approximate surface area is 98.8 Å². The summed E-state index contributed by atoms with van der Waals surface area (Å²) in [5.74, 6) is 0. The summed E-state index contributed by atoms with van der Waals surface area (Å²) in [4.78, 5) is 2.46. The zero-order valence-corrected chi connectivity index (χ0v) is 10.6. The van der Waals surface area contributed by atoms with E-state index in [4.69, 9.17) is 0 Å². The van der Waals surface area contributed by atoms with Gasteiger partial charge in [-0.2, -0.15) is 5.10 Å². The van der Waals surface area contributed by atoms with Crippen LogP contribution >= 0.6 is 15.9 Å². The SMILES string of the molecule is CCn1ncc(CN2CCNCC2)c1Br. The van der Waals surface area contributed by atoms with Crippen molar-refractivity contribution < 1.29 is 0 Å². The lowest BCUT2D eigenvalue weighted by Gasteiger charge is -2.26. The zero-order valence-electron chi connectivity index (χ0n) is 9.04. The van der Waals surface area contributed by atoms with Crippen LogP contribution in [0.15, 0.2) is 10.8 Å². The average Bonchev–Trinajstić information content (AvgIpc) is 2.62. The number of piperazine rings is 1.